The summed E-state index contributed by atoms with van der Waals surface area (Å²) < 4.78 is 5.47. The summed E-state index contributed by atoms with van der Waals surface area (Å²) >= 11 is 0. The molecular formula is C17H17NO3. The molecule has 1 heterocycles. The fourth-order valence-electron chi connectivity index (χ4n) is 2.03. The molecule has 21 heavy (non-hydrogen) atoms. The SMILES string of the molecule is CCOc1ccc(/C(=C/c2ccncc2)C(=O)O)cc1C. The normalized spacial score (nSPS) is 11.2. The highest BCUT2D eigenvalue weighted by atomic mass is 16.5. The Morgan fingerprint density at radius 1 is 1.29 bits per heavy atom. The minimum atomic E-state index is -0.963. The van der Waals surface area contributed by atoms with Gasteiger partial charge in [-0.1, -0.05) is 6.07 Å². The summed E-state index contributed by atoms with van der Waals surface area (Å²) in [5, 5.41) is 9.44. The number of aromatic nitrogens is 1. The molecule has 4 heteroatoms. The number of pyridine rings is 1. The highest BCUT2D eigenvalue weighted by Crippen LogP contribution is 2.25. The van der Waals surface area contributed by atoms with E-state index in [0.29, 0.717) is 12.2 Å². The van der Waals surface area contributed by atoms with Gasteiger partial charge in [-0.05, 0) is 60.9 Å². The first kappa shape index (κ1) is 14.8. The fraction of sp³-hybridized carbons (Fsp3) is 0.176. The average molecular weight is 283 g/mol. The maximum absolute atomic E-state index is 11.5. The van der Waals surface area contributed by atoms with Crippen molar-refractivity contribution in [1.29, 1.82) is 0 Å². The van der Waals surface area contributed by atoms with Gasteiger partial charge in [-0.15, -0.1) is 0 Å². The number of carboxylic acids is 1. The van der Waals surface area contributed by atoms with Gasteiger partial charge in [0.25, 0.3) is 0 Å². The van der Waals surface area contributed by atoms with Crippen molar-refractivity contribution >= 4 is 17.6 Å². The van der Waals surface area contributed by atoms with Gasteiger partial charge in [0, 0.05) is 12.4 Å². The van der Waals surface area contributed by atoms with Crippen LogP contribution in [-0.2, 0) is 4.79 Å². The molecule has 1 aromatic carbocycles. The Balaban J connectivity index is 2.42. The molecule has 0 aliphatic carbocycles. The number of aryl methyl sites for hydroxylation is 1. The van der Waals surface area contributed by atoms with Crippen molar-refractivity contribution in [2.75, 3.05) is 6.61 Å². The first-order valence-electron chi connectivity index (χ1n) is 6.70. The molecule has 1 N–H and O–H groups in total. The molecule has 0 atom stereocenters. The summed E-state index contributed by atoms with van der Waals surface area (Å²) in [5.74, 6) is -0.190. The molecular weight excluding hydrogens is 266 g/mol. The number of ether oxygens (including phenoxy) is 1. The molecule has 0 spiro atoms. The minimum Gasteiger partial charge on any atom is -0.494 e. The third-order valence-electron chi connectivity index (χ3n) is 3.03. The third kappa shape index (κ3) is 3.69. The lowest BCUT2D eigenvalue weighted by molar-refractivity contribution is -0.130. The van der Waals surface area contributed by atoms with Crippen molar-refractivity contribution in [2.24, 2.45) is 0 Å². The average Bonchev–Trinajstić information content (AvgIpc) is 2.48. The number of aliphatic carboxylic acids is 1. The Morgan fingerprint density at radius 3 is 2.57 bits per heavy atom. The molecule has 0 bridgehead atoms. The van der Waals surface area contributed by atoms with E-state index < -0.39 is 5.97 Å². The number of benzene rings is 1. The Hall–Kier alpha value is -2.62. The van der Waals surface area contributed by atoms with Crippen molar-refractivity contribution in [3.63, 3.8) is 0 Å². The van der Waals surface area contributed by atoms with E-state index in [1.54, 1.807) is 42.7 Å². The van der Waals surface area contributed by atoms with E-state index in [1.807, 2.05) is 19.9 Å². The van der Waals surface area contributed by atoms with E-state index in [4.69, 9.17) is 4.74 Å². The van der Waals surface area contributed by atoms with E-state index in [1.165, 1.54) is 0 Å². The highest BCUT2D eigenvalue weighted by molar-refractivity contribution is 6.20. The zero-order valence-corrected chi connectivity index (χ0v) is 12.0. The smallest absolute Gasteiger partial charge is 0.336 e. The zero-order chi connectivity index (χ0) is 15.2. The zero-order valence-electron chi connectivity index (χ0n) is 12.0. The fourth-order valence-corrected chi connectivity index (χ4v) is 2.03. The number of hydrogen-bond donors (Lipinski definition) is 1. The van der Waals surface area contributed by atoms with Gasteiger partial charge in [0.15, 0.2) is 0 Å². The lowest BCUT2D eigenvalue weighted by Crippen LogP contribution is -2.01. The van der Waals surface area contributed by atoms with E-state index >= 15 is 0 Å². The maximum Gasteiger partial charge on any atom is 0.336 e. The molecule has 0 radical (unpaired) electrons. The molecule has 0 saturated heterocycles. The van der Waals surface area contributed by atoms with Crippen molar-refractivity contribution < 1.29 is 14.6 Å². The maximum atomic E-state index is 11.5. The Bertz CT molecular complexity index is 663. The molecule has 0 fully saturated rings. The Labute approximate surface area is 123 Å². The van der Waals surface area contributed by atoms with Gasteiger partial charge in [0.2, 0.25) is 0 Å². The van der Waals surface area contributed by atoms with Gasteiger partial charge in [-0.25, -0.2) is 4.79 Å². The van der Waals surface area contributed by atoms with Gasteiger partial charge < -0.3 is 9.84 Å². The van der Waals surface area contributed by atoms with Crippen LogP contribution in [-0.4, -0.2) is 22.7 Å². The van der Waals surface area contributed by atoms with Gasteiger partial charge >= 0.3 is 5.97 Å². The molecule has 0 aliphatic rings. The largest absolute Gasteiger partial charge is 0.494 e. The van der Waals surface area contributed by atoms with Crippen molar-refractivity contribution in [2.45, 2.75) is 13.8 Å². The molecule has 4 nitrogen and oxygen atoms in total. The van der Waals surface area contributed by atoms with Crippen LogP contribution < -0.4 is 4.74 Å². The van der Waals surface area contributed by atoms with Crippen LogP contribution in [0, 0.1) is 6.92 Å². The molecule has 0 aliphatic heterocycles. The number of rotatable bonds is 5. The standard InChI is InChI=1S/C17H17NO3/c1-3-21-16-5-4-14(10-12(16)2)15(17(19)20)11-13-6-8-18-9-7-13/h4-11H,3H2,1-2H3,(H,19,20)/b15-11-. The first-order valence-corrected chi connectivity index (χ1v) is 6.70. The minimum absolute atomic E-state index is 0.243. The highest BCUT2D eigenvalue weighted by Gasteiger charge is 2.12. The molecule has 108 valence electrons. The van der Waals surface area contributed by atoms with Crippen LogP contribution in [0.4, 0.5) is 0 Å². The Kier molecular flexibility index (Phi) is 4.72. The summed E-state index contributed by atoms with van der Waals surface area (Å²) in [6.45, 7) is 4.40. The monoisotopic (exact) mass is 283 g/mol. The van der Waals surface area contributed by atoms with E-state index in [0.717, 1.165) is 16.9 Å². The predicted molar refractivity (Wildman–Crippen MR) is 82.1 cm³/mol. The molecule has 2 aromatic rings. The van der Waals surface area contributed by atoms with Gasteiger partial charge in [0.1, 0.15) is 5.75 Å². The topological polar surface area (TPSA) is 59.4 Å². The second-order valence-corrected chi connectivity index (χ2v) is 4.56. The number of carboxylic acid groups (broad SMARTS) is 1. The lowest BCUT2D eigenvalue weighted by Gasteiger charge is -2.10. The summed E-state index contributed by atoms with van der Waals surface area (Å²) in [5.41, 5.74) is 2.61. The second kappa shape index (κ2) is 6.70. The molecule has 0 saturated carbocycles. The van der Waals surface area contributed by atoms with Crippen molar-refractivity contribution in [1.82, 2.24) is 4.98 Å². The summed E-state index contributed by atoms with van der Waals surface area (Å²) in [6.07, 6.45) is 4.91. The molecule has 0 unspecified atom stereocenters. The van der Waals surface area contributed by atoms with Gasteiger partial charge in [-0.3, -0.25) is 4.98 Å². The summed E-state index contributed by atoms with van der Waals surface area (Å²) in [4.78, 5) is 15.4. The third-order valence-corrected chi connectivity index (χ3v) is 3.03. The summed E-state index contributed by atoms with van der Waals surface area (Å²) in [7, 11) is 0. The van der Waals surface area contributed by atoms with Crippen LogP contribution >= 0.6 is 0 Å². The lowest BCUT2D eigenvalue weighted by atomic mass is 10.0. The van der Waals surface area contributed by atoms with E-state index in [9.17, 15) is 9.90 Å². The van der Waals surface area contributed by atoms with Gasteiger partial charge in [0.05, 0.1) is 12.2 Å². The van der Waals surface area contributed by atoms with E-state index in [-0.39, 0.29) is 5.57 Å². The van der Waals surface area contributed by atoms with Crippen LogP contribution in [0.1, 0.15) is 23.6 Å². The van der Waals surface area contributed by atoms with Crippen LogP contribution in [0.2, 0.25) is 0 Å². The van der Waals surface area contributed by atoms with Gasteiger partial charge in [-0.2, -0.15) is 0 Å². The molecule has 0 amide bonds. The van der Waals surface area contributed by atoms with Crippen LogP contribution in [0.15, 0.2) is 42.7 Å². The molecule has 2 rings (SSSR count). The van der Waals surface area contributed by atoms with Crippen LogP contribution in [0.3, 0.4) is 0 Å². The first-order chi connectivity index (χ1) is 10.1. The quantitative estimate of drug-likeness (QED) is 0.854. The van der Waals surface area contributed by atoms with Crippen molar-refractivity contribution in [3.8, 4) is 5.75 Å². The molecule has 1 aromatic heterocycles. The number of hydrogen-bond acceptors (Lipinski definition) is 3. The number of nitrogens with zero attached hydrogens (tertiary/aromatic N) is 1. The van der Waals surface area contributed by atoms with E-state index in [2.05, 4.69) is 4.98 Å². The van der Waals surface area contributed by atoms with Crippen LogP contribution in [0.5, 0.6) is 5.75 Å². The second-order valence-electron chi connectivity index (χ2n) is 4.56. The number of carbonyl (C=O) groups is 1. The summed E-state index contributed by atoms with van der Waals surface area (Å²) in [6, 6.07) is 8.93. The van der Waals surface area contributed by atoms with Crippen molar-refractivity contribution in [3.05, 3.63) is 59.4 Å². The predicted octanol–water partition coefficient (Wildman–Crippen LogP) is 3.41. The Morgan fingerprint density at radius 2 is 2.00 bits per heavy atom. The van der Waals surface area contributed by atoms with Crippen LogP contribution in [0.25, 0.3) is 11.6 Å².